The minimum atomic E-state index is -1.26. The molecule has 0 atom stereocenters. The third-order valence-electron chi connectivity index (χ3n) is 1.28. The predicted octanol–water partition coefficient (Wildman–Crippen LogP) is -0.103. The first-order valence-electron chi connectivity index (χ1n) is 4.80. The van der Waals surface area contributed by atoms with Crippen LogP contribution in [0.1, 0.15) is 20.8 Å². The van der Waals surface area contributed by atoms with E-state index in [4.69, 9.17) is 15.1 Å². The summed E-state index contributed by atoms with van der Waals surface area (Å²) in [6.45, 7) is 3.61. The molecule has 0 unspecified atom stereocenters. The fourth-order valence-corrected chi connectivity index (χ4v) is 0.838. The summed E-state index contributed by atoms with van der Waals surface area (Å²) in [5.41, 5.74) is -0.768. The van der Waals surface area contributed by atoms with Crippen LogP contribution in [0.25, 0.3) is 0 Å². The molecule has 8 nitrogen and oxygen atoms in total. The third-order valence-corrected chi connectivity index (χ3v) is 1.28. The number of hydrogen-bond acceptors (Lipinski definition) is 4. The molecule has 98 valence electrons. The van der Waals surface area contributed by atoms with Crippen LogP contribution in [0.5, 0.6) is 0 Å². The molecule has 0 saturated heterocycles. The van der Waals surface area contributed by atoms with Gasteiger partial charge in [-0.3, -0.25) is 14.4 Å². The highest BCUT2D eigenvalue weighted by Crippen LogP contribution is 2.10. The summed E-state index contributed by atoms with van der Waals surface area (Å²) in [5.74, 6) is -2.50. The molecule has 0 spiro atoms. The number of hydroxylamine groups is 2. The van der Waals surface area contributed by atoms with Gasteiger partial charge in [-0.2, -0.15) is 5.06 Å². The van der Waals surface area contributed by atoms with Crippen molar-refractivity contribution in [1.29, 1.82) is 0 Å². The highest BCUT2D eigenvalue weighted by molar-refractivity contribution is 5.82. The topological polar surface area (TPSA) is 116 Å². The molecule has 0 saturated carbocycles. The molecule has 0 aliphatic carbocycles. The smallest absolute Gasteiger partial charge is 0.342 e. The predicted molar refractivity (Wildman–Crippen MR) is 56.2 cm³/mol. The zero-order valence-corrected chi connectivity index (χ0v) is 9.89. The lowest BCUT2D eigenvalue weighted by Gasteiger charge is -2.28. The minimum absolute atomic E-state index is 0.575. The monoisotopic (exact) mass is 248 g/mol. The lowest BCUT2D eigenvalue weighted by atomic mass is 10.2. The number of aliphatic carboxylic acids is 2. The summed E-state index contributed by atoms with van der Waals surface area (Å²) in [6.07, 6.45) is 0. The Hall–Kier alpha value is -1.83. The lowest BCUT2D eigenvalue weighted by molar-refractivity contribution is -0.199. The minimum Gasteiger partial charge on any atom is -0.480 e. The van der Waals surface area contributed by atoms with E-state index >= 15 is 0 Å². The second kappa shape index (κ2) is 6.04. The largest absolute Gasteiger partial charge is 0.480 e. The molecule has 0 heterocycles. The van der Waals surface area contributed by atoms with Crippen LogP contribution in [0.3, 0.4) is 0 Å². The first-order chi connectivity index (χ1) is 7.61. The van der Waals surface area contributed by atoms with Gasteiger partial charge in [0, 0.05) is 0 Å². The summed E-state index contributed by atoms with van der Waals surface area (Å²) >= 11 is 0. The van der Waals surface area contributed by atoms with Crippen molar-refractivity contribution in [2.75, 3.05) is 13.1 Å². The van der Waals surface area contributed by atoms with Crippen LogP contribution in [0.2, 0.25) is 0 Å². The third kappa shape index (κ3) is 8.03. The molecule has 0 rings (SSSR count). The van der Waals surface area contributed by atoms with Crippen molar-refractivity contribution in [3.8, 4) is 0 Å². The Morgan fingerprint density at radius 1 is 1.18 bits per heavy atom. The van der Waals surface area contributed by atoms with E-state index in [0.717, 1.165) is 0 Å². The van der Waals surface area contributed by atoms with Crippen molar-refractivity contribution < 1.29 is 29.4 Å². The number of rotatable bonds is 5. The van der Waals surface area contributed by atoms with Gasteiger partial charge in [-0.05, 0) is 20.8 Å². The maximum atomic E-state index is 11.4. The summed E-state index contributed by atoms with van der Waals surface area (Å²) in [4.78, 5) is 37.3. The molecule has 0 fully saturated rings. The molecule has 2 amide bonds. The normalized spacial score (nSPS) is 10.8. The van der Waals surface area contributed by atoms with E-state index < -0.39 is 36.7 Å². The number of carboxylic acid groups (broad SMARTS) is 2. The standard InChI is InChI=1S/C9H16N2O6/c1-9(2,3)17-11(5-7(14)15)8(16)10-4-6(12)13/h4-5H2,1-3H3,(H,10,16)(H,12,13)(H,14,15). The molecule has 0 aromatic heterocycles. The van der Waals surface area contributed by atoms with Gasteiger partial charge in [0.2, 0.25) is 0 Å². The first-order valence-corrected chi connectivity index (χ1v) is 4.80. The number of hydrogen-bond donors (Lipinski definition) is 3. The maximum absolute atomic E-state index is 11.4. The van der Waals surface area contributed by atoms with Crippen LogP contribution >= 0.6 is 0 Å². The summed E-state index contributed by atoms with van der Waals surface area (Å²) in [6, 6.07) is -0.912. The van der Waals surface area contributed by atoms with E-state index in [1.165, 1.54) is 0 Å². The molecular formula is C9H16N2O6. The molecular weight excluding hydrogens is 232 g/mol. The fraction of sp³-hybridized carbons (Fsp3) is 0.667. The van der Waals surface area contributed by atoms with Crippen LogP contribution in [0.15, 0.2) is 0 Å². The van der Waals surface area contributed by atoms with Gasteiger partial charge in [-0.25, -0.2) is 4.79 Å². The first kappa shape index (κ1) is 15.2. The molecule has 0 radical (unpaired) electrons. The quantitative estimate of drug-likeness (QED) is 0.585. The number of amides is 2. The van der Waals surface area contributed by atoms with Crippen molar-refractivity contribution in [2.45, 2.75) is 26.4 Å². The molecule has 0 aliphatic rings. The van der Waals surface area contributed by atoms with E-state index in [1.807, 2.05) is 5.32 Å². The van der Waals surface area contributed by atoms with E-state index in [-0.39, 0.29) is 0 Å². The average Bonchev–Trinajstić information content (AvgIpc) is 2.09. The maximum Gasteiger partial charge on any atom is 0.342 e. The van der Waals surface area contributed by atoms with Gasteiger partial charge in [-0.15, -0.1) is 0 Å². The molecule has 0 aromatic rings. The highest BCUT2D eigenvalue weighted by atomic mass is 16.7. The molecule has 17 heavy (non-hydrogen) atoms. The van der Waals surface area contributed by atoms with Crippen LogP contribution in [-0.2, 0) is 14.4 Å². The number of carboxylic acids is 2. The number of nitrogens with zero attached hydrogens (tertiary/aromatic N) is 1. The van der Waals surface area contributed by atoms with Gasteiger partial charge in [0.1, 0.15) is 13.1 Å². The number of carbonyl (C=O) groups is 3. The molecule has 3 N–H and O–H groups in total. The van der Waals surface area contributed by atoms with Crippen molar-refractivity contribution in [3.63, 3.8) is 0 Å². The average molecular weight is 248 g/mol. The Morgan fingerprint density at radius 3 is 2.06 bits per heavy atom. The van der Waals surface area contributed by atoms with Crippen LogP contribution in [-0.4, -0.2) is 51.9 Å². The Balaban J connectivity index is 4.50. The Kier molecular flexibility index (Phi) is 5.39. The van der Waals surface area contributed by atoms with Crippen LogP contribution in [0.4, 0.5) is 4.79 Å². The van der Waals surface area contributed by atoms with E-state index in [2.05, 4.69) is 0 Å². The van der Waals surface area contributed by atoms with Gasteiger partial charge in [0.15, 0.2) is 0 Å². The van der Waals surface area contributed by atoms with Crippen molar-refractivity contribution >= 4 is 18.0 Å². The summed E-state index contributed by atoms with van der Waals surface area (Å²) < 4.78 is 0. The number of nitrogens with one attached hydrogen (secondary N) is 1. The van der Waals surface area contributed by atoms with Crippen LogP contribution < -0.4 is 5.32 Å². The zero-order chi connectivity index (χ0) is 13.6. The molecule has 8 heteroatoms. The molecule has 0 aliphatic heterocycles. The zero-order valence-electron chi connectivity index (χ0n) is 9.89. The van der Waals surface area contributed by atoms with E-state index in [1.54, 1.807) is 20.8 Å². The van der Waals surface area contributed by atoms with Gasteiger partial charge in [-0.1, -0.05) is 0 Å². The summed E-state index contributed by atoms with van der Waals surface area (Å²) in [7, 11) is 0. The number of urea groups is 1. The second-order valence-electron chi connectivity index (χ2n) is 4.19. The second-order valence-corrected chi connectivity index (χ2v) is 4.19. The van der Waals surface area contributed by atoms with Crippen molar-refractivity contribution in [2.24, 2.45) is 0 Å². The van der Waals surface area contributed by atoms with Crippen LogP contribution in [0, 0.1) is 0 Å². The highest BCUT2D eigenvalue weighted by Gasteiger charge is 2.24. The molecule has 0 bridgehead atoms. The fourth-order valence-electron chi connectivity index (χ4n) is 0.838. The number of carbonyl (C=O) groups excluding carboxylic acids is 1. The van der Waals surface area contributed by atoms with Gasteiger partial charge >= 0.3 is 18.0 Å². The van der Waals surface area contributed by atoms with Gasteiger partial charge < -0.3 is 15.5 Å². The van der Waals surface area contributed by atoms with E-state index in [9.17, 15) is 14.4 Å². The molecule has 0 aromatic carbocycles. The van der Waals surface area contributed by atoms with Gasteiger partial charge in [0.25, 0.3) is 0 Å². The van der Waals surface area contributed by atoms with E-state index in [0.29, 0.717) is 5.06 Å². The van der Waals surface area contributed by atoms with Gasteiger partial charge in [0.05, 0.1) is 5.60 Å². The summed E-state index contributed by atoms with van der Waals surface area (Å²) in [5, 5.41) is 19.5. The van der Waals surface area contributed by atoms with Crippen molar-refractivity contribution in [3.05, 3.63) is 0 Å². The Labute approximate surface area is 98.1 Å². The van der Waals surface area contributed by atoms with Crippen molar-refractivity contribution in [1.82, 2.24) is 10.4 Å². The lowest BCUT2D eigenvalue weighted by Crippen LogP contribution is -2.47. The SMILES string of the molecule is CC(C)(C)ON(CC(=O)O)C(=O)NCC(=O)O. The Morgan fingerprint density at radius 2 is 1.71 bits per heavy atom. The Bertz CT molecular complexity index is 309.